The van der Waals surface area contributed by atoms with Crippen LogP contribution in [0.5, 0.6) is 0 Å². The lowest BCUT2D eigenvalue weighted by Crippen LogP contribution is -2.51. The molecule has 2 amide bonds. The lowest BCUT2D eigenvalue weighted by molar-refractivity contribution is -0.140. The van der Waals surface area contributed by atoms with Crippen LogP contribution in [-0.4, -0.2) is 44.7 Å². The molecule has 0 aromatic rings. The van der Waals surface area contributed by atoms with Gasteiger partial charge in [0.25, 0.3) is 5.92 Å². The molecule has 0 heterocycles. The zero-order valence-corrected chi connectivity index (χ0v) is 13.3. The molecular weight excluding hydrogens is 322 g/mol. The number of methoxy groups -OCH3 is 1. The Balaban J connectivity index is 2.45. The zero-order valence-electron chi connectivity index (χ0n) is 12.4. The van der Waals surface area contributed by atoms with E-state index in [1.807, 2.05) is 0 Å². The standard InChI is InChI=1S/C12H20F2N2O5S/c1-11(5-6-12(13,14)8-11)15-10(18)16-22(19,20)7-3-4-9(17)21-2/h3-8H2,1-2H3,(H2,15,16,18). The maximum atomic E-state index is 13.2. The molecule has 22 heavy (non-hydrogen) atoms. The molecule has 128 valence electrons. The highest BCUT2D eigenvalue weighted by molar-refractivity contribution is 7.90. The van der Waals surface area contributed by atoms with Gasteiger partial charge in [-0.2, -0.15) is 0 Å². The second-order valence-electron chi connectivity index (χ2n) is 5.65. The van der Waals surface area contributed by atoms with Crippen molar-refractivity contribution >= 4 is 22.0 Å². The van der Waals surface area contributed by atoms with Gasteiger partial charge >= 0.3 is 12.0 Å². The maximum Gasteiger partial charge on any atom is 0.328 e. The molecule has 1 unspecified atom stereocenters. The van der Waals surface area contributed by atoms with Crippen LogP contribution in [0.15, 0.2) is 0 Å². The van der Waals surface area contributed by atoms with E-state index in [-0.39, 0.29) is 25.7 Å². The van der Waals surface area contributed by atoms with E-state index < -0.39 is 45.7 Å². The van der Waals surface area contributed by atoms with Crippen molar-refractivity contribution in [2.45, 2.75) is 50.5 Å². The Bertz CT molecular complexity index is 538. The molecule has 1 saturated carbocycles. The molecule has 1 rings (SSSR count). The number of carbonyl (C=O) groups is 2. The number of rotatable bonds is 6. The number of alkyl halides is 2. The van der Waals surface area contributed by atoms with Gasteiger partial charge in [-0.25, -0.2) is 26.7 Å². The predicted molar refractivity (Wildman–Crippen MR) is 73.9 cm³/mol. The molecule has 1 atom stereocenters. The first-order chi connectivity index (χ1) is 9.97. The Morgan fingerprint density at radius 1 is 1.27 bits per heavy atom. The smallest absolute Gasteiger partial charge is 0.328 e. The van der Waals surface area contributed by atoms with Gasteiger partial charge in [0.2, 0.25) is 10.0 Å². The molecular formula is C12H20F2N2O5S. The van der Waals surface area contributed by atoms with Crippen LogP contribution >= 0.6 is 0 Å². The van der Waals surface area contributed by atoms with Crippen LogP contribution < -0.4 is 10.0 Å². The van der Waals surface area contributed by atoms with Gasteiger partial charge in [-0.1, -0.05) is 0 Å². The van der Waals surface area contributed by atoms with E-state index in [0.717, 1.165) is 0 Å². The summed E-state index contributed by atoms with van der Waals surface area (Å²) < 4.78 is 55.7. The SMILES string of the molecule is COC(=O)CCCS(=O)(=O)NC(=O)NC1(C)CCC(F)(F)C1. The van der Waals surface area contributed by atoms with E-state index in [0.29, 0.717) is 0 Å². The lowest BCUT2D eigenvalue weighted by atomic mass is 10.0. The van der Waals surface area contributed by atoms with Gasteiger partial charge < -0.3 is 10.1 Å². The lowest BCUT2D eigenvalue weighted by Gasteiger charge is -2.25. The minimum absolute atomic E-state index is 0.00930. The Hall–Kier alpha value is -1.45. The first kappa shape index (κ1) is 18.6. The molecule has 0 radical (unpaired) electrons. The molecule has 7 nitrogen and oxygen atoms in total. The summed E-state index contributed by atoms with van der Waals surface area (Å²) in [7, 11) is -2.76. The molecule has 10 heteroatoms. The van der Waals surface area contributed by atoms with E-state index in [4.69, 9.17) is 0 Å². The number of carbonyl (C=O) groups excluding carboxylic acids is 2. The molecule has 1 aliphatic carbocycles. The van der Waals surface area contributed by atoms with Crippen molar-refractivity contribution in [3.05, 3.63) is 0 Å². The van der Waals surface area contributed by atoms with Crippen LogP contribution in [0.1, 0.15) is 39.0 Å². The van der Waals surface area contributed by atoms with E-state index in [1.54, 1.807) is 4.72 Å². The highest BCUT2D eigenvalue weighted by Crippen LogP contribution is 2.41. The summed E-state index contributed by atoms with van der Waals surface area (Å²) in [6, 6.07) is -1.04. The van der Waals surface area contributed by atoms with Crippen molar-refractivity contribution in [2.24, 2.45) is 0 Å². The fourth-order valence-corrected chi connectivity index (χ4v) is 3.27. The largest absolute Gasteiger partial charge is 0.469 e. The molecule has 0 aromatic carbocycles. The molecule has 0 saturated heterocycles. The van der Waals surface area contributed by atoms with Crippen molar-refractivity contribution in [3.63, 3.8) is 0 Å². The van der Waals surface area contributed by atoms with E-state index >= 15 is 0 Å². The van der Waals surface area contributed by atoms with Crippen LogP contribution in [-0.2, 0) is 19.6 Å². The Morgan fingerprint density at radius 2 is 1.91 bits per heavy atom. The number of halogens is 2. The van der Waals surface area contributed by atoms with Crippen molar-refractivity contribution < 1.29 is 31.5 Å². The summed E-state index contributed by atoms with van der Waals surface area (Å²) in [5, 5.41) is 2.28. The second kappa shape index (κ2) is 6.76. The quantitative estimate of drug-likeness (QED) is 0.705. The van der Waals surface area contributed by atoms with Crippen LogP contribution in [0.2, 0.25) is 0 Å². The van der Waals surface area contributed by atoms with E-state index in [2.05, 4.69) is 10.1 Å². The first-order valence-electron chi connectivity index (χ1n) is 6.74. The van der Waals surface area contributed by atoms with Crippen LogP contribution in [0.3, 0.4) is 0 Å². The minimum Gasteiger partial charge on any atom is -0.469 e. The van der Waals surface area contributed by atoms with Crippen LogP contribution in [0, 0.1) is 0 Å². The predicted octanol–water partition coefficient (Wildman–Crippen LogP) is 1.15. The summed E-state index contributed by atoms with van der Waals surface area (Å²) in [6.07, 6.45) is -0.922. The van der Waals surface area contributed by atoms with Crippen molar-refractivity contribution in [1.82, 2.24) is 10.0 Å². The van der Waals surface area contributed by atoms with E-state index in [9.17, 15) is 26.8 Å². The van der Waals surface area contributed by atoms with Gasteiger partial charge in [0.15, 0.2) is 0 Å². The van der Waals surface area contributed by atoms with Gasteiger partial charge in [-0.05, 0) is 19.8 Å². The number of esters is 1. The molecule has 1 aliphatic rings. The van der Waals surface area contributed by atoms with Gasteiger partial charge in [-0.3, -0.25) is 4.79 Å². The summed E-state index contributed by atoms with van der Waals surface area (Å²) in [5.41, 5.74) is -1.14. The number of urea groups is 1. The number of ether oxygens (including phenoxy) is 1. The van der Waals surface area contributed by atoms with Crippen molar-refractivity contribution in [3.8, 4) is 0 Å². The highest BCUT2D eigenvalue weighted by Gasteiger charge is 2.47. The van der Waals surface area contributed by atoms with Gasteiger partial charge in [0, 0.05) is 24.8 Å². The summed E-state index contributed by atoms with van der Waals surface area (Å²) in [6.45, 7) is 1.44. The number of nitrogens with one attached hydrogen (secondary N) is 2. The molecule has 0 aliphatic heterocycles. The molecule has 0 spiro atoms. The molecule has 2 N–H and O–H groups in total. The highest BCUT2D eigenvalue weighted by atomic mass is 32.2. The van der Waals surface area contributed by atoms with Gasteiger partial charge in [0.05, 0.1) is 12.9 Å². The Morgan fingerprint density at radius 3 is 2.41 bits per heavy atom. The summed E-state index contributed by atoms with van der Waals surface area (Å²) in [4.78, 5) is 22.5. The van der Waals surface area contributed by atoms with Gasteiger partial charge in [-0.15, -0.1) is 0 Å². The van der Waals surface area contributed by atoms with Crippen molar-refractivity contribution in [1.29, 1.82) is 0 Å². The Kier molecular flexibility index (Phi) is 5.71. The number of hydrogen-bond acceptors (Lipinski definition) is 5. The number of amides is 2. The van der Waals surface area contributed by atoms with Gasteiger partial charge in [0.1, 0.15) is 0 Å². The van der Waals surface area contributed by atoms with Crippen LogP contribution in [0.25, 0.3) is 0 Å². The fraction of sp³-hybridized carbons (Fsp3) is 0.833. The third-order valence-corrected chi connectivity index (χ3v) is 4.70. The second-order valence-corrected chi connectivity index (χ2v) is 7.49. The number of sulfonamides is 1. The van der Waals surface area contributed by atoms with Crippen LogP contribution in [0.4, 0.5) is 13.6 Å². The zero-order chi connectivity index (χ0) is 17.0. The third kappa shape index (κ3) is 6.12. The fourth-order valence-electron chi connectivity index (χ4n) is 2.31. The average Bonchev–Trinajstić information content (AvgIpc) is 2.61. The summed E-state index contributed by atoms with van der Waals surface area (Å²) in [5.74, 6) is -3.86. The third-order valence-electron chi connectivity index (χ3n) is 3.38. The molecule has 1 fully saturated rings. The monoisotopic (exact) mass is 342 g/mol. The maximum absolute atomic E-state index is 13.2. The normalized spacial score (nSPS) is 23.8. The molecule has 0 bridgehead atoms. The van der Waals surface area contributed by atoms with Crippen molar-refractivity contribution in [2.75, 3.05) is 12.9 Å². The molecule has 0 aromatic heterocycles. The summed E-state index contributed by atoms with van der Waals surface area (Å²) >= 11 is 0. The minimum atomic E-state index is -3.94. The number of hydrogen-bond donors (Lipinski definition) is 2. The first-order valence-corrected chi connectivity index (χ1v) is 8.39. The topological polar surface area (TPSA) is 102 Å². The van der Waals surface area contributed by atoms with E-state index in [1.165, 1.54) is 14.0 Å². The Labute approximate surface area is 127 Å². The average molecular weight is 342 g/mol.